The zero-order valence-electron chi connectivity index (χ0n) is 9.48. The number of hydrogen-bond acceptors (Lipinski definition) is 2. The Morgan fingerprint density at radius 3 is 2.71 bits per heavy atom. The Labute approximate surface area is 103 Å². The summed E-state index contributed by atoms with van der Waals surface area (Å²) in [4.78, 5) is 24.3. The summed E-state index contributed by atoms with van der Waals surface area (Å²) in [6.45, 7) is 0. The summed E-state index contributed by atoms with van der Waals surface area (Å²) in [5.41, 5.74) is 1.13. The Balaban J connectivity index is 2.73. The molecule has 0 radical (unpaired) electrons. The first kappa shape index (κ1) is 11.7. The van der Waals surface area contributed by atoms with E-state index in [-0.39, 0.29) is 6.03 Å². The van der Waals surface area contributed by atoms with Gasteiger partial charge in [0.15, 0.2) is 6.29 Å². The SMILES string of the molecule is CN(C)C(=O)n1cc(C=O)c2cc(Cl)ccc21. The van der Waals surface area contributed by atoms with Crippen molar-refractivity contribution in [2.45, 2.75) is 0 Å². The quantitative estimate of drug-likeness (QED) is 0.730. The molecule has 0 spiro atoms. The van der Waals surface area contributed by atoms with Crippen molar-refractivity contribution in [3.8, 4) is 0 Å². The van der Waals surface area contributed by atoms with E-state index in [0.717, 1.165) is 6.29 Å². The van der Waals surface area contributed by atoms with Crippen LogP contribution in [0.15, 0.2) is 24.4 Å². The molecule has 0 bridgehead atoms. The molecule has 0 aliphatic rings. The number of nitrogens with zero attached hydrogens (tertiary/aromatic N) is 2. The molecule has 1 aromatic heterocycles. The van der Waals surface area contributed by atoms with E-state index in [1.165, 1.54) is 15.7 Å². The maximum atomic E-state index is 11.9. The predicted octanol–water partition coefficient (Wildman–Crippen LogP) is 2.64. The number of carbonyl (C=O) groups is 2. The van der Waals surface area contributed by atoms with Crippen molar-refractivity contribution >= 4 is 34.8 Å². The van der Waals surface area contributed by atoms with Gasteiger partial charge in [0.1, 0.15) is 0 Å². The molecule has 1 aromatic carbocycles. The zero-order valence-corrected chi connectivity index (χ0v) is 10.2. The van der Waals surface area contributed by atoms with E-state index >= 15 is 0 Å². The average Bonchev–Trinajstić information content (AvgIpc) is 2.65. The highest BCUT2D eigenvalue weighted by molar-refractivity contribution is 6.31. The standard InChI is InChI=1S/C12H11ClN2O2/c1-14(2)12(17)15-6-8(7-16)10-5-9(13)3-4-11(10)15/h3-7H,1-2H3. The van der Waals surface area contributed by atoms with Crippen molar-refractivity contribution in [1.29, 1.82) is 0 Å². The molecule has 0 atom stereocenters. The first-order valence-corrected chi connectivity index (χ1v) is 5.40. The highest BCUT2D eigenvalue weighted by Crippen LogP contribution is 2.24. The number of benzene rings is 1. The third kappa shape index (κ3) is 1.91. The lowest BCUT2D eigenvalue weighted by Gasteiger charge is -2.11. The first-order valence-electron chi connectivity index (χ1n) is 5.02. The third-order valence-electron chi connectivity index (χ3n) is 2.51. The van der Waals surface area contributed by atoms with Gasteiger partial charge in [-0.25, -0.2) is 4.79 Å². The zero-order chi connectivity index (χ0) is 12.6. The van der Waals surface area contributed by atoms with Crippen LogP contribution >= 0.6 is 11.6 Å². The molecule has 17 heavy (non-hydrogen) atoms. The molecule has 0 unspecified atom stereocenters. The van der Waals surface area contributed by atoms with Crippen LogP contribution in [-0.2, 0) is 0 Å². The van der Waals surface area contributed by atoms with Gasteiger partial charge in [0.05, 0.1) is 5.52 Å². The van der Waals surface area contributed by atoms with E-state index in [9.17, 15) is 9.59 Å². The third-order valence-corrected chi connectivity index (χ3v) is 2.75. The Bertz CT molecular complexity index is 602. The van der Waals surface area contributed by atoms with Crippen molar-refractivity contribution in [2.24, 2.45) is 0 Å². The van der Waals surface area contributed by atoms with Crippen molar-refractivity contribution in [2.75, 3.05) is 14.1 Å². The van der Waals surface area contributed by atoms with Gasteiger partial charge in [0, 0.05) is 36.3 Å². The lowest BCUT2D eigenvalue weighted by Crippen LogP contribution is -2.26. The monoisotopic (exact) mass is 250 g/mol. The topological polar surface area (TPSA) is 42.3 Å². The maximum absolute atomic E-state index is 11.9. The van der Waals surface area contributed by atoms with Gasteiger partial charge in [-0.2, -0.15) is 0 Å². The summed E-state index contributed by atoms with van der Waals surface area (Å²) in [6.07, 6.45) is 2.24. The van der Waals surface area contributed by atoms with Crippen LogP contribution in [0.1, 0.15) is 10.4 Å². The van der Waals surface area contributed by atoms with E-state index in [1.54, 1.807) is 32.3 Å². The molecule has 2 rings (SSSR count). The van der Waals surface area contributed by atoms with E-state index in [1.807, 2.05) is 0 Å². The van der Waals surface area contributed by atoms with Gasteiger partial charge in [-0.15, -0.1) is 0 Å². The van der Waals surface area contributed by atoms with E-state index in [0.29, 0.717) is 21.5 Å². The van der Waals surface area contributed by atoms with Crippen molar-refractivity contribution in [3.63, 3.8) is 0 Å². The van der Waals surface area contributed by atoms with E-state index in [2.05, 4.69) is 0 Å². The largest absolute Gasteiger partial charge is 0.330 e. The second-order valence-corrected chi connectivity index (χ2v) is 4.35. The van der Waals surface area contributed by atoms with E-state index < -0.39 is 0 Å². The number of rotatable bonds is 1. The average molecular weight is 251 g/mol. The number of amides is 1. The van der Waals surface area contributed by atoms with Crippen LogP contribution in [0.2, 0.25) is 5.02 Å². The Morgan fingerprint density at radius 2 is 2.12 bits per heavy atom. The number of aldehydes is 1. The Kier molecular flexibility index (Phi) is 2.90. The highest BCUT2D eigenvalue weighted by Gasteiger charge is 2.14. The lowest BCUT2D eigenvalue weighted by atomic mass is 10.2. The number of carbonyl (C=O) groups excluding carboxylic acids is 2. The molecule has 1 amide bonds. The molecule has 5 heteroatoms. The van der Waals surface area contributed by atoms with Crippen LogP contribution in [0.4, 0.5) is 4.79 Å². The van der Waals surface area contributed by atoms with Crippen LogP contribution in [-0.4, -0.2) is 35.9 Å². The molecular weight excluding hydrogens is 240 g/mol. The van der Waals surface area contributed by atoms with Crippen LogP contribution in [0.5, 0.6) is 0 Å². The molecule has 2 aromatic rings. The van der Waals surface area contributed by atoms with Crippen molar-refractivity contribution in [1.82, 2.24) is 9.47 Å². The highest BCUT2D eigenvalue weighted by atomic mass is 35.5. The second-order valence-electron chi connectivity index (χ2n) is 3.91. The first-order chi connectivity index (χ1) is 8.04. The number of aromatic nitrogens is 1. The molecular formula is C12H11ClN2O2. The summed E-state index contributed by atoms with van der Waals surface area (Å²) in [7, 11) is 3.31. The lowest BCUT2D eigenvalue weighted by molar-refractivity contribution is 0.112. The Morgan fingerprint density at radius 1 is 1.41 bits per heavy atom. The summed E-state index contributed by atoms with van der Waals surface area (Å²) in [5, 5.41) is 1.22. The van der Waals surface area contributed by atoms with Crippen LogP contribution in [0, 0.1) is 0 Å². The normalized spacial score (nSPS) is 10.5. The van der Waals surface area contributed by atoms with Gasteiger partial charge in [-0.3, -0.25) is 9.36 Å². The summed E-state index contributed by atoms with van der Waals surface area (Å²) >= 11 is 5.88. The number of halogens is 1. The molecule has 0 fully saturated rings. The molecule has 1 heterocycles. The molecule has 88 valence electrons. The molecule has 0 saturated heterocycles. The summed E-state index contributed by atoms with van der Waals surface area (Å²) < 4.78 is 1.44. The van der Waals surface area contributed by atoms with Gasteiger partial charge < -0.3 is 4.90 Å². The fourth-order valence-corrected chi connectivity index (χ4v) is 1.87. The molecule has 0 aliphatic carbocycles. The second kappa shape index (κ2) is 4.22. The fourth-order valence-electron chi connectivity index (χ4n) is 1.70. The smallest absolute Gasteiger partial charge is 0.328 e. The fraction of sp³-hybridized carbons (Fsp3) is 0.167. The van der Waals surface area contributed by atoms with Gasteiger partial charge in [-0.05, 0) is 18.2 Å². The van der Waals surface area contributed by atoms with Crippen LogP contribution in [0.3, 0.4) is 0 Å². The molecule has 4 nitrogen and oxygen atoms in total. The van der Waals surface area contributed by atoms with Gasteiger partial charge in [-0.1, -0.05) is 11.6 Å². The molecule has 0 aliphatic heterocycles. The van der Waals surface area contributed by atoms with Crippen molar-refractivity contribution < 1.29 is 9.59 Å². The summed E-state index contributed by atoms with van der Waals surface area (Å²) in [6, 6.07) is 4.90. The molecule has 0 saturated carbocycles. The van der Waals surface area contributed by atoms with Crippen LogP contribution in [0.25, 0.3) is 10.9 Å². The Hall–Kier alpha value is -1.81. The molecule has 0 N–H and O–H groups in total. The summed E-state index contributed by atoms with van der Waals surface area (Å²) in [5.74, 6) is 0. The minimum Gasteiger partial charge on any atom is -0.330 e. The maximum Gasteiger partial charge on any atom is 0.328 e. The van der Waals surface area contributed by atoms with Gasteiger partial charge in [0.2, 0.25) is 0 Å². The van der Waals surface area contributed by atoms with Gasteiger partial charge >= 0.3 is 6.03 Å². The van der Waals surface area contributed by atoms with Crippen LogP contribution < -0.4 is 0 Å². The van der Waals surface area contributed by atoms with E-state index in [4.69, 9.17) is 11.6 Å². The number of fused-ring (bicyclic) bond motifs is 1. The minimum absolute atomic E-state index is 0.203. The number of hydrogen-bond donors (Lipinski definition) is 0. The van der Waals surface area contributed by atoms with Gasteiger partial charge in [0.25, 0.3) is 0 Å². The predicted molar refractivity (Wildman–Crippen MR) is 66.8 cm³/mol. The van der Waals surface area contributed by atoms with Crippen molar-refractivity contribution in [3.05, 3.63) is 35.0 Å². The minimum atomic E-state index is -0.203.